The van der Waals surface area contributed by atoms with Crippen LogP contribution < -0.4 is 0 Å². The van der Waals surface area contributed by atoms with Gasteiger partial charge in [-0.05, 0) is 6.42 Å². The second kappa shape index (κ2) is 3.47. The third-order valence-corrected chi connectivity index (χ3v) is 3.48. The third-order valence-electron chi connectivity index (χ3n) is 1.34. The van der Waals surface area contributed by atoms with E-state index in [1.807, 2.05) is 0 Å². The predicted octanol–water partition coefficient (Wildman–Crippen LogP) is 1.81. The van der Waals surface area contributed by atoms with Gasteiger partial charge in [-0.15, -0.1) is 0 Å². The van der Waals surface area contributed by atoms with Crippen molar-refractivity contribution in [2.24, 2.45) is 0 Å². The molecule has 0 saturated heterocycles. The van der Waals surface area contributed by atoms with E-state index in [0.29, 0.717) is 0 Å². The van der Waals surface area contributed by atoms with Gasteiger partial charge in [-0.3, -0.25) is 0 Å². The summed E-state index contributed by atoms with van der Waals surface area (Å²) in [5.74, 6) is -0.437. The minimum Gasteiger partial charge on any atom is -0.223 e. The molecule has 0 bridgehead atoms. The first kappa shape index (κ1) is 10.8. The zero-order valence-corrected chi connectivity index (χ0v) is 7.42. The van der Waals surface area contributed by atoms with Crippen molar-refractivity contribution in [1.82, 2.24) is 0 Å². The molecule has 0 saturated carbocycles. The zero-order valence-electron chi connectivity index (χ0n) is 6.60. The van der Waals surface area contributed by atoms with Crippen LogP contribution in [0, 0.1) is 0 Å². The van der Waals surface area contributed by atoms with Crippen molar-refractivity contribution in [1.29, 1.82) is 0 Å². The molecule has 0 amide bonds. The van der Waals surface area contributed by atoms with Crippen LogP contribution in [0.2, 0.25) is 0 Å². The van der Waals surface area contributed by atoms with Crippen molar-refractivity contribution in [2.75, 3.05) is 5.75 Å². The highest BCUT2D eigenvalue weighted by atomic mass is 32.2. The first-order chi connectivity index (χ1) is 4.87. The van der Waals surface area contributed by atoms with Crippen molar-refractivity contribution >= 4 is 9.84 Å². The lowest BCUT2D eigenvalue weighted by molar-refractivity contribution is 0.0878. The average molecular weight is 186 g/mol. The minimum atomic E-state index is -4.19. The van der Waals surface area contributed by atoms with E-state index < -0.39 is 27.3 Å². The van der Waals surface area contributed by atoms with Crippen molar-refractivity contribution in [3.63, 3.8) is 0 Å². The fourth-order valence-corrected chi connectivity index (χ4v) is 1.91. The Balaban J connectivity index is 4.55. The molecular weight excluding hydrogens is 174 g/mol. The van der Waals surface area contributed by atoms with Gasteiger partial charge in [0.2, 0.25) is 9.84 Å². The minimum absolute atomic E-state index is 0.234. The molecule has 0 atom stereocenters. The summed E-state index contributed by atoms with van der Waals surface area (Å²) in [7, 11) is -4.19. The summed E-state index contributed by atoms with van der Waals surface area (Å²) >= 11 is 0. The average Bonchev–Trinajstić information content (AvgIpc) is 1.87. The molecule has 68 valence electrons. The fourth-order valence-electron chi connectivity index (χ4n) is 0.638. The Morgan fingerprint density at radius 3 is 2.00 bits per heavy atom. The van der Waals surface area contributed by atoms with Crippen LogP contribution >= 0.6 is 0 Å². The van der Waals surface area contributed by atoms with Gasteiger partial charge < -0.3 is 0 Å². The summed E-state index contributed by atoms with van der Waals surface area (Å²) in [6.07, 6.45) is -0.409. The second-order valence-electron chi connectivity index (χ2n) is 2.31. The van der Waals surface area contributed by atoms with Gasteiger partial charge in [-0.1, -0.05) is 13.8 Å². The Kier molecular flexibility index (Phi) is 3.41. The molecule has 0 radical (unpaired) electrons. The normalized spacial score (nSPS) is 13.5. The Morgan fingerprint density at radius 2 is 1.73 bits per heavy atom. The lowest BCUT2D eigenvalue weighted by Crippen LogP contribution is -2.29. The highest BCUT2D eigenvalue weighted by Crippen LogP contribution is 2.26. The summed E-state index contributed by atoms with van der Waals surface area (Å²) in [6, 6.07) is 0. The van der Waals surface area contributed by atoms with Crippen molar-refractivity contribution < 1.29 is 17.2 Å². The van der Waals surface area contributed by atoms with Crippen LogP contribution in [0.4, 0.5) is 8.78 Å². The van der Waals surface area contributed by atoms with E-state index in [4.69, 9.17) is 0 Å². The molecule has 0 spiro atoms. The Bertz CT molecular complexity index is 209. The zero-order chi connectivity index (χ0) is 9.12. The number of halogens is 2. The molecule has 0 aliphatic rings. The van der Waals surface area contributed by atoms with E-state index >= 15 is 0 Å². The lowest BCUT2D eigenvalue weighted by Gasteiger charge is -2.13. The number of rotatable bonds is 4. The van der Waals surface area contributed by atoms with Gasteiger partial charge in [0.05, 0.1) is 5.75 Å². The smallest absolute Gasteiger partial charge is 0.223 e. The quantitative estimate of drug-likeness (QED) is 0.671. The van der Waals surface area contributed by atoms with E-state index in [1.165, 1.54) is 0 Å². The molecule has 0 N–H and O–H groups in total. The van der Waals surface area contributed by atoms with E-state index in [1.54, 1.807) is 6.92 Å². The maximum absolute atomic E-state index is 12.5. The standard InChI is InChI=1S/C6H12F2O2S/c1-3-5-11(9,10)6(7,8)4-2/h3-5H2,1-2H3. The molecular formula is C6H12F2O2S. The molecule has 2 nitrogen and oxygen atoms in total. The van der Waals surface area contributed by atoms with E-state index in [0.717, 1.165) is 6.92 Å². The van der Waals surface area contributed by atoms with E-state index in [-0.39, 0.29) is 6.42 Å². The molecule has 0 rings (SSSR count). The van der Waals surface area contributed by atoms with Crippen molar-refractivity contribution in [3.8, 4) is 0 Å². The molecule has 0 aromatic carbocycles. The summed E-state index contributed by atoms with van der Waals surface area (Å²) in [4.78, 5) is 0. The molecule has 0 aliphatic carbocycles. The maximum Gasteiger partial charge on any atom is 0.345 e. The maximum atomic E-state index is 12.5. The highest BCUT2D eigenvalue weighted by molar-refractivity contribution is 7.92. The first-order valence-corrected chi connectivity index (χ1v) is 5.12. The molecule has 5 heteroatoms. The van der Waals surface area contributed by atoms with Gasteiger partial charge in [0.1, 0.15) is 0 Å². The van der Waals surface area contributed by atoms with Gasteiger partial charge >= 0.3 is 5.25 Å². The Morgan fingerprint density at radius 1 is 1.27 bits per heavy atom. The summed E-state index contributed by atoms with van der Waals surface area (Å²) in [6.45, 7) is 2.72. The predicted molar refractivity (Wildman–Crippen MR) is 39.3 cm³/mol. The Labute approximate surface area is 65.5 Å². The molecule has 0 aromatic rings. The Hall–Kier alpha value is -0.190. The van der Waals surface area contributed by atoms with Crippen LogP contribution in [0.1, 0.15) is 26.7 Å². The summed E-state index contributed by atoms with van der Waals surface area (Å²) in [5, 5.41) is -3.54. The largest absolute Gasteiger partial charge is 0.345 e. The molecule has 0 unspecified atom stereocenters. The number of hydrogen-bond donors (Lipinski definition) is 0. The van der Waals surface area contributed by atoms with Gasteiger partial charge in [0.15, 0.2) is 0 Å². The van der Waals surface area contributed by atoms with Gasteiger partial charge in [-0.25, -0.2) is 8.42 Å². The lowest BCUT2D eigenvalue weighted by atomic mass is 10.5. The van der Waals surface area contributed by atoms with Crippen LogP contribution in [-0.4, -0.2) is 19.4 Å². The van der Waals surface area contributed by atoms with Gasteiger partial charge in [-0.2, -0.15) is 8.78 Å². The molecule has 0 fully saturated rings. The number of hydrogen-bond acceptors (Lipinski definition) is 2. The van der Waals surface area contributed by atoms with E-state index in [2.05, 4.69) is 0 Å². The van der Waals surface area contributed by atoms with Crippen molar-refractivity contribution in [2.45, 2.75) is 31.9 Å². The van der Waals surface area contributed by atoms with Crippen LogP contribution in [-0.2, 0) is 9.84 Å². The molecule has 0 aliphatic heterocycles. The molecule has 11 heavy (non-hydrogen) atoms. The third kappa shape index (κ3) is 2.39. The highest BCUT2D eigenvalue weighted by Gasteiger charge is 2.41. The van der Waals surface area contributed by atoms with Gasteiger partial charge in [0, 0.05) is 6.42 Å². The van der Waals surface area contributed by atoms with Crippen LogP contribution in [0.3, 0.4) is 0 Å². The van der Waals surface area contributed by atoms with Crippen LogP contribution in [0.25, 0.3) is 0 Å². The SMILES string of the molecule is CCCS(=O)(=O)C(F)(F)CC. The molecule has 0 heterocycles. The second-order valence-corrected chi connectivity index (χ2v) is 4.54. The van der Waals surface area contributed by atoms with Crippen LogP contribution in [0.15, 0.2) is 0 Å². The van der Waals surface area contributed by atoms with Crippen molar-refractivity contribution in [3.05, 3.63) is 0 Å². The monoisotopic (exact) mass is 186 g/mol. The fraction of sp³-hybridized carbons (Fsp3) is 1.00. The summed E-state index contributed by atoms with van der Waals surface area (Å²) < 4.78 is 46.5. The number of sulfone groups is 1. The van der Waals surface area contributed by atoms with E-state index in [9.17, 15) is 17.2 Å². The number of alkyl halides is 2. The topological polar surface area (TPSA) is 34.1 Å². The molecule has 0 aromatic heterocycles. The summed E-state index contributed by atoms with van der Waals surface area (Å²) in [5.41, 5.74) is 0. The first-order valence-electron chi connectivity index (χ1n) is 3.47. The van der Waals surface area contributed by atoms with Gasteiger partial charge in [0.25, 0.3) is 0 Å². The van der Waals surface area contributed by atoms with Crippen LogP contribution in [0.5, 0.6) is 0 Å².